The Hall–Kier alpha value is -0.520. The van der Waals surface area contributed by atoms with Crippen LogP contribution in [0, 0.1) is 12.3 Å². The third-order valence-electron chi connectivity index (χ3n) is 1.56. The van der Waals surface area contributed by atoms with Crippen molar-refractivity contribution in [3.8, 4) is 12.3 Å². The van der Waals surface area contributed by atoms with E-state index in [1.807, 2.05) is 0 Å². The van der Waals surface area contributed by atoms with Crippen LogP contribution in [-0.2, 0) is 0 Å². The van der Waals surface area contributed by atoms with Gasteiger partial charge < -0.3 is 5.11 Å². The molecule has 0 spiro atoms. The number of aliphatic hydroxyl groups is 1. The Morgan fingerprint density at radius 3 is 3.00 bits per heavy atom. The van der Waals surface area contributed by atoms with Crippen LogP contribution in [0.15, 0.2) is 0 Å². The summed E-state index contributed by atoms with van der Waals surface area (Å²) in [6, 6.07) is 0. The van der Waals surface area contributed by atoms with E-state index in [9.17, 15) is 0 Å². The molecule has 0 aromatic carbocycles. The van der Waals surface area contributed by atoms with E-state index >= 15 is 0 Å². The number of hydrogen-bond donors (Lipinski definition) is 1. The average Bonchev–Trinajstić information content (AvgIpc) is 2.17. The summed E-state index contributed by atoms with van der Waals surface area (Å²) in [5.41, 5.74) is 0. The van der Waals surface area contributed by atoms with Crippen LogP contribution in [0.1, 0.15) is 6.42 Å². The van der Waals surface area contributed by atoms with Gasteiger partial charge in [-0.15, -0.1) is 6.42 Å². The van der Waals surface area contributed by atoms with Gasteiger partial charge in [-0.1, -0.05) is 5.92 Å². The highest BCUT2D eigenvalue weighted by Crippen LogP contribution is 2.06. The fraction of sp³-hybridized carbons (Fsp3) is 0.714. The van der Waals surface area contributed by atoms with Crippen molar-refractivity contribution >= 4 is 0 Å². The van der Waals surface area contributed by atoms with Gasteiger partial charge in [0.05, 0.1) is 12.6 Å². The molecule has 1 atom stereocenters. The van der Waals surface area contributed by atoms with Crippen LogP contribution in [0.25, 0.3) is 0 Å². The van der Waals surface area contributed by atoms with E-state index in [1.165, 1.54) is 0 Å². The number of nitrogens with zero attached hydrogens (tertiary/aromatic N) is 1. The van der Waals surface area contributed by atoms with Crippen molar-refractivity contribution in [1.82, 2.24) is 4.90 Å². The summed E-state index contributed by atoms with van der Waals surface area (Å²) >= 11 is 0. The number of likely N-dealkylation sites (tertiary alicyclic amines) is 1. The van der Waals surface area contributed by atoms with Crippen LogP contribution in [-0.4, -0.2) is 35.7 Å². The molecule has 9 heavy (non-hydrogen) atoms. The lowest BCUT2D eigenvalue weighted by molar-refractivity contribution is 0.180. The molecule has 1 heterocycles. The molecule has 2 heteroatoms. The standard InChI is InChI=1S/C7H11NO/c1-2-4-8-5-3-7(9)6-8/h1,7,9H,3-6H2. The second kappa shape index (κ2) is 2.86. The van der Waals surface area contributed by atoms with Gasteiger partial charge in [0.15, 0.2) is 0 Å². The van der Waals surface area contributed by atoms with Gasteiger partial charge in [0.1, 0.15) is 0 Å². The Kier molecular flexibility index (Phi) is 2.10. The zero-order valence-electron chi connectivity index (χ0n) is 5.38. The molecule has 1 rings (SSSR count). The summed E-state index contributed by atoms with van der Waals surface area (Å²) in [6.07, 6.45) is 5.82. The number of hydrogen-bond acceptors (Lipinski definition) is 2. The Morgan fingerprint density at radius 2 is 2.56 bits per heavy atom. The third-order valence-corrected chi connectivity index (χ3v) is 1.56. The molecule has 50 valence electrons. The summed E-state index contributed by atoms with van der Waals surface area (Å²) in [5, 5.41) is 9.02. The second-order valence-corrected chi connectivity index (χ2v) is 2.38. The molecular weight excluding hydrogens is 114 g/mol. The van der Waals surface area contributed by atoms with E-state index in [1.54, 1.807) is 0 Å². The van der Waals surface area contributed by atoms with Crippen LogP contribution in [0.3, 0.4) is 0 Å². The van der Waals surface area contributed by atoms with Crippen molar-refractivity contribution < 1.29 is 5.11 Å². The van der Waals surface area contributed by atoms with Crippen molar-refractivity contribution in [2.45, 2.75) is 12.5 Å². The molecule has 0 radical (unpaired) electrons. The van der Waals surface area contributed by atoms with Crippen LogP contribution >= 0.6 is 0 Å². The van der Waals surface area contributed by atoms with Gasteiger partial charge in [0.25, 0.3) is 0 Å². The first-order valence-corrected chi connectivity index (χ1v) is 3.17. The van der Waals surface area contributed by atoms with Crippen molar-refractivity contribution in [3.63, 3.8) is 0 Å². The molecule has 1 unspecified atom stereocenters. The molecule has 0 saturated carbocycles. The van der Waals surface area contributed by atoms with E-state index in [2.05, 4.69) is 10.8 Å². The van der Waals surface area contributed by atoms with E-state index in [0.717, 1.165) is 19.5 Å². The first-order valence-electron chi connectivity index (χ1n) is 3.17. The highest BCUT2D eigenvalue weighted by atomic mass is 16.3. The van der Waals surface area contributed by atoms with Crippen LogP contribution in [0.2, 0.25) is 0 Å². The third kappa shape index (κ3) is 1.70. The molecule has 0 amide bonds. The van der Waals surface area contributed by atoms with Crippen LogP contribution < -0.4 is 0 Å². The molecule has 0 aromatic rings. The molecule has 1 N–H and O–H groups in total. The highest BCUT2D eigenvalue weighted by molar-refractivity contribution is 4.90. The van der Waals surface area contributed by atoms with Gasteiger partial charge in [0, 0.05) is 13.1 Å². The normalized spacial score (nSPS) is 28.2. The van der Waals surface area contributed by atoms with Gasteiger partial charge >= 0.3 is 0 Å². The Morgan fingerprint density at radius 1 is 1.78 bits per heavy atom. The minimum Gasteiger partial charge on any atom is -0.392 e. The molecule has 0 bridgehead atoms. The summed E-state index contributed by atoms with van der Waals surface area (Å²) in [6.45, 7) is 2.38. The fourth-order valence-corrected chi connectivity index (χ4v) is 1.08. The second-order valence-electron chi connectivity index (χ2n) is 2.38. The van der Waals surface area contributed by atoms with Gasteiger partial charge in [-0.05, 0) is 6.42 Å². The maximum atomic E-state index is 9.02. The van der Waals surface area contributed by atoms with E-state index < -0.39 is 0 Å². The smallest absolute Gasteiger partial charge is 0.0679 e. The minimum absolute atomic E-state index is 0.140. The molecule has 0 aromatic heterocycles. The highest BCUT2D eigenvalue weighted by Gasteiger charge is 2.18. The monoisotopic (exact) mass is 125 g/mol. The molecule has 2 nitrogen and oxygen atoms in total. The Balaban J connectivity index is 2.24. The zero-order valence-corrected chi connectivity index (χ0v) is 5.38. The fourth-order valence-electron chi connectivity index (χ4n) is 1.08. The lowest BCUT2D eigenvalue weighted by Gasteiger charge is -2.08. The molecule has 1 aliphatic rings. The lowest BCUT2D eigenvalue weighted by atomic mass is 10.3. The minimum atomic E-state index is -0.140. The van der Waals surface area contributed by atoms with Gasteiger partial charge in [-0.3, -0.25) is 4.90 Å². The SMILES string of the molecule is C#CCN1CCC(O)C1. The summed E-state index contributed by atoms with van der Waals surface area (Å²) in [4.78, 5) is 2.07. The first kappa shape index (κ1) is 6.60. The predicted molar refractivity (Wildman–Crippen MR) is 35.9 cm³/mol. The summed E-state index contributed by atoms with van der Waals surface area (Å²) in [5.74, 6) is 2.54. The number of rotatable bonds is 1. The van der Waals surface area contributed by atoms with Crippen molar-refractivity contribution in [3.05, 3.63) is 0 Å². The van der Waals surface area contributed by atoms with Gasteiger partial charge in [0.2, 0.25) is 0 Å². The maximum absolute atomic E-state index is 9.02. The molecule has 1 aliphatic heterocycles. The van der Waals surface area contributed by atoms with Crippen molar-refractivity contribution in [2.24, 2.45) is 0 Å². The summed E-state index contributed by atoms with van der Waals surface area (Å²) < 4.78 is 0. The van der Waals surface area contributed by atoms with Crippen molar-refractivity contribution in [2.75, 3.05) is 19.6 Å². The predicted octanol–water partition coefficient (Wildman–Crippen LogP) is -0.314. The van der Waals surface area contributed by atoms with E-state index in [0.29, 0.717) is 6.54 Å². The Bertz CT molecular complexity index is 127. The van der Waals surface area contributed by atoms with Gasteiger partial charge in [-0.25, -0.2) is 0 Å². The summed E-state index contributed by atoms with van der Waals surface area (Å²) in [7, 11) is 0. The van der Waals surface area contributed by atoms with Crippen molar-refractivity contribution in [1.29, 1.82) is 0 Å². The van der Waals surface area contributed by atoms with E-state index in [-0.39, 0.29) is 6.10 Å². The zero-order chi connectivity index (χ0) is 6.69. The largest absolute Gasteiger partial charge is 0.392 e. The average molecular weight is 125 g/mol. The van der Waals surface area contributed by atoms with Gasteiger partial charge in [-0.2, -0.15) is 0 Å². The van der Waals surface area contributed by atoms with E-state index in [4.69, 9.17) is 11.5 Å². The van der Waals surface area contributed by atoms with Crippen LogP contribution in [0.5, 0.6) is 0 Å². The number of β-amino-alcohol motifs (C(OH)–C–C–N with tert-alkyl or cyclic N) is 1. The lowest BCUT2D eigenvalue weighted by Crippen LogP contribution is -2.21. The molecule has 1 fully saturated rings. The molecular formula is C7H11NO. The molecule has 1 saturated heterocycles. The maximum Gasteiger partial charge on any atom is 0.0679 e. The first-order chi connectivity index (χ1) is 4.33. The number of terminal acetylenes is 1. The Labute approximate surface area is 55.5 Å². The topological polar surface area (TPSA) is 23.5 Å². The molecule has 0 aliphatic carbocycles. The number of aliphatic hydroxyl groups excluding tert-OH is 1. The quantitative estimate of drug-likeness (QED) is 0.486. The van der Waals surface area contributed by atoms with Crippen LogP contribution in [0.4, 0.5) is 0 Å².